The Morgan fingerprint density at radius 2 is 2.07 bits per heavy atom. The molecule has 156 valence electrons. The van der Waals surface area contributed by atoms with E-state index in [1.54, 1.807) is 23.6 Å². The van der Waals surface area contributed by atoms with Crippen LogP contribution < -0.4 is 21.5 Å². The number of fused-ring (bicyclic) bond motifs is 1. The first-order valence-electron chi connectivity index (χ1n) is 9.63. The molecule has 0 spiro atoms. The van der Waals surface area contributed by atoms with Crippen LogP contribution in [0.3, 0.4) is 0 Å². The van der Waals surface area contributed by atoms with Crippen molar-refractivity contribution in [1.82, 2.24) is 14.9 Å². The minimum Gasteiger partial charge on any atom is -0.370 e. The van der Waals surface area contributed by atoms with Gasteiger partial charge in [0.05, 0.1) is 35.9 Å². The summed E-state index contributed by atoms with van der Waals surface area (Å²) in [6.45, 7) is 6.55. The number of aromatic nitrogens is 2. The molecule has 0 aliphatic carbocycles. The molecule has 1 aromatic carbocycles. The highest BCUT2D eigenvalue weighted by Crippen LogP contribution is 2.22. The molecule has 1 aliphatic rings. The monoisotopic (exact) mass is 420 g/mol. The van der Waals surface area contributed by atoms with Gasteiger partial charge in [0.1, 0.15) is 13.1 Å². The third-order valence-corrected chi connectivity index (χ3v) is 5.93. The number of hydrogen-bond acceptors (Lipinski definition) is 6. The number of amides is 3. The molecule has 3 rings (SSSR count). The summed E-state index contributed by atoms with van der Waals surface area (Å²) in [7, 11) is 0. The number of carbonyl (C=O) groups is 2. The molecule has 10 heteroatoms. The summed E-state index contributed by atoms with van der Waals surface area (Å²) in [5.41, 5.74) is 5.48. The first-order valence-corrected chi connectivity index (χ1v) is 10.5. The van der Waals surface area contributed by atoms with Gasteiger partial charge in [-0.2, -0.15) is 0 Å². The fourth-order valence-electron chi connectivity index (χ4n) is 3.27. The molecule has 0 unspecified atom stereocenters. The average Bonchev–Trinajstić information content (AvgIpc) is 2.70. The number of ether oxygens (including phenoxy) is 1. The molecule has 0 bridgehead atoms. The van der Waals surface area contributed by atoms with E-state index in [9.17, 15) is 14.4 Å². The molecule has 4 N–H and O–H groups in total. The first kappa shape index (κ1) is 21.3. The van der Waals surface area contributed by atoms with E-state index in [-0.39, 0.29) is 5.56 Å². The number of quaternary nitrogens is 1. The van der Waals surface area contributed by atoms with Gasteiger partial charge < -0.3 is 15.4 Å². The Balaban J connectivity index is 1.81. The maximum atomic E-state index is 13.1. The molecule has 1 atom stereocenters. The Hall–Kier alpha value is -2.43. The number of imide groups is 1. The zero-order valence-corrected chi connectivity index (χ0v) is 17.2. The van der Waals surface area contributed by atoms with Crippen molar-refractivity contribution >= 4 is 34.6 Å². The maximum absolute atomic E-state index is 13.1. The summed E-state index contributed by atoms with van der Waals surface area (Å²) in [5, 5.41) is 2.44. The second-order valence-corrected chi connectivity index (χ2v) is 8.26. The third kappa shape index (κ3) is 5.55. The van der Waals surface area contributed by atoms with Gasteiger partial charge in [-0.3, -0.25) is 19.5 Å². The second-order valence-electron chi connectivity index (χ2n) is 6.95. The smallest absolute Gasteiger partial charge is 0.318 e. The molecule has 0 saturated carbocycles. The molecule has 2 heterocycles. The van der Waals surface area contributed by atoms with Gasteiger partial charge >= 0.3 is 6.03 Å². The molecule has 1 saturated heterocycles. The first-order chi connectivity index (χ1) is 14.0. The summed E-state index contributed by atoms with van der Waals surface area (Å²) in [6, 6.07) is 6.25. The summed E-state index contributed by atoms with van der Waals surface area (Å²) in [4.78, 5) is 42.2. The molecule has 1 aromatic heterocycles. The van der Waals surface area contributed by atoms with E-state index < -0.39 is 17.2 Å². The van der Waals surface area contributed by atoms with Crippen LogP contribution >= 0.6 is 11.8 Å². The van der Waals surface area contributed by atoms with Crippen molar-refractivity contribution in [2.24, 2.45) is 5.73 Å². The lowest BCUT2D eigenvalue weighted by molar-refractivity contribution is -0.908. The van der Waals surface area contributed by atoms with Crippen LogP contribution in [0.5, 0.6) is 0 Å². The van der Waals surface area contributed by atoms with Gasteiger partial charge in [-0.1, -0.05) is 23.9 Å². The van der Waals surface area contributed by atoms with Crippen molar-refractivity contribution in [1.29, 1.82) is 0 Å². The highest BCUT2D eigenvalue weighted by molar-refractivity contribution is 8.00. The summed E-state index contributed by atoms with van der Waals surface area (Å²) in [6.07, 6.45) is 0.810. The van der Waals surface area contributed by atoms with Gasteiger partial charge in [0.15, 0.2) is 5.16 Å². The minimum absolute atomic E-state index is 0.127. The maximum Gasteiger partial charge on any atom is 0.318 e. The summed E-state index contributed by atoms with van der Waals surface area (Å²) in [5.74, 6) is -0.519. The van der Waals surface area contributed by atoms with E-state index in [4.69, 9.17) is 10.5 Å². The van der Waals surface area contributed by atoms with Crippen molar-refractivity contribution in [3.05, 3.63) is 34.6 Å². The zero-order valence-electron chi connectivity index (χ0n) is 16.3. The Morgan fingerprint density at radius 3 is 2.79 bits per heavy atom. The molecular formula is C19H26N5O4S+. The quantitative estimate of drug-likeness (QED) is 0.405. The molecule has 1 fully saturated rings. The molecule has 3 amide bonds. The van der Waals surface area contributed by atoms with Gasteiger partial charge in [0, 0.05) is 13.0 Å². The predicted molar refractivity (Wildman–Crippen MR) is 110 cm³/mol. The highest BCUT2D eigenvalue weighted by Gasteiger charge is 2.21. The number of nitrogens with one attached hydrogen (secondary N) is 2. The van der Waals surface area contributed by atoms with E-state index in [1.807, 2.05) is 12.1 Å². The number of benzene rings is 1. The standard InChI is InChI=1S/C19H25N5O4S/c1-13(16(25)22-18(20)27)29-19-21-15-6-3-2-5-14(15)17(26)24(19)8-4-7-23-9-11-28-12-10-23/h2-3,5-6,13H,4,7-12H2,1H3,(H3,20,22,25,27)/p+1/t13-/m0/s1. The third-order valence-electron chi connectivity index (χ3n) is 4.84. The van der Waals surface area contributed by atoms with Crippen LogP contribution in [0.15, 0.2) is 34.2 Å². The molecular weight excluding hydrogens is 394 g/mol. The van der Waals surface area contributed by atoms with Gasteiger partial charge in [-0.15, -0.1) is 0 Å². The fraction of sp³-hybridized carbons (Fsp3) is 0.474. The van der Waals surface area contributed by atoms with Crippen molar-refractivity contribution in [2.45, 2.75) is 30.3 Å². The minimum atomic E-state index is -0.903. The number of nitrogens with two attached hydrogens (primary N) is 1. The number of hydrogen-bond donors (Lipinski definition) is 3. The number of carbonyl (C=O) groups excluding carboxylic acids is 2. The van der Waals surface area contributed by atoms with Crippen LogP contribution in [0.4, 0.5) is 4.79 Å². The average molecular weight is 421 g/mol. The normalized spacial score (nSPS) is 15.9. The SMILES string of the molecule is C[C@H](Sc1nc2ccccc2c(=O)n1CCC[NH+]1CCOCC1)C(=O)NC(N)=O. The van der Waals surface area contributed by atoms with Crippen LogP contribution in [0.2, 0.25) is 0 Å². The Labute approximate surface area is 172 Å². The van der Waals surface area contributed by atoms with Crippen molar-refractivity contribution in [3.63, 3.8) is 0 Å². The number of rotatable bonds is 7. The zero-order chi connectivity index (χ0) is 20.8. The number of morpholine rings is 1. The van der Waals surface area contributed by atoms with Crippen LogP contribution in [0.1, 0.15) is 13.3 Å². The Bertz CT molecular complexity index is 942. The number of thioether (sulfide) groups is 1. The number of primary amides is 1. The van der Waals surface area contributed by atoms with E-state index in [0.717, 1.165) is 51.0 Å². The molecule has 2 aromatic rings. The second kappa shape index (κ2) is 9.86. The van der Waals surface area contributed by atoms with Crippen LogP contribution in [0.25, 0.3) is 10.9 Å². The van der Waals surface area contributed by atoms with Crippen molar-refractivity contribution < 1.29 is 19.2 Å². The van der Waals surface area contributed by atoms with Gasteiger partial charge in [-0.05, 0) is 19.1 Å². The largest absolute Gasteiger partial charge is 0.370 e. The van der Waals surface area contributed by atoms with E-state index in [0.29, 0.717) is 22.6 Å². The summed E-state index contributed by atoms with van der Waals surface area (Å²) >= 11 is 1.14. The Morgan fingerprint density at radius 1 is 1.34 bits per heavy atom. The lowest BCUT2D eigenvalue weighted by Gasteiger charge is -2.24. The van der Waals surface area contributed by atoms with Crippen LogP contribution in [-0.2, 0) is 16.1 Å². The predicted octanol–water partition coefficient (Wildman–Crippen LogP) is -0.623. The number of urea groups is 1. The Kier molecular flexibility index (Phi) is 7.24. The molecule has 9 nitrogen and oxygen atoms in total. The van der Waals surface area contributed by atoms with Crippen LogP contribution in [0, 0.1) is 0 Å². The van der Waals surface area contributed by atoms with Crippen molar-refractivity contribution in [3.8, 4) is 0 Å². The number of para-hydroxylation sites is 1. The van der Waals surface area contributed by atoms with E-state index >= 15 is 0 Å². The van der Waals surface area contributed by atoms with Crippen LogP contribution in [-0.4, -0.2) is 59.6 Å². The lowest BCUT2D eigenvalue weighted by atomic mass is 10.2. The lowest BCUT2D eigenvalue weighted by Crippen LogP contribution is -3.14. The summed E-state index contributed by atoms with van der Waals surface area (Å²) < 4.78 is 7.01. The highest BCUT2D eigenvalue weighted by atomic mass is 32.2. The molecule has 29 heavy (non-hydrogen) atoms. The van der Waals surface area contributed by atoms with Gasteiger partial charge in [0.25, 0.3) is 5.56 Å². The molecule has 1 aliphatic heterocycles. The number of nitrogens with zero attached hydrogens (tertiary/aromatic N) is 2. The topological polar surface area (TPSA) is 121 Å². The fourth-order valence-corrected chi connectivity index (χ4v) is 4.20. The molecule has 0 radical (unpaired) electrons. The van der Waals surface area contributed by atoms with E-state index in [2.05, 4.69) is 10.3 Å². The van der Waals surface area contributed by atoms with Gasteiger partial charge in [0.2, 0.25) is 5.91 Å². The van der Waals surface area contributed by atoms with Gasteiger partial charge in [-0.25, -0.2) is 9.78 Å². The van der Waals surface area contributed by atoms with Crippen molar-refractivity contribution in [2.75, 3.05) is 32.8 Å². The van der Waals surface area contributed by atoms with E-state index in [1.165, 1.54) is 4.90 Å².